The van der Waals surface area contributed by atoms with E-state index in [4.69, 9.17) is 14.9 Å². The van der Waals surface area contributed by atoms with Crippen LogP contribution in [0.25, 0.3) is 0 Å². The molecule has 0 heterocycles. The molecule has 0 bridgehead atoms. The molecule has 0 aliphatic rings. The third-order valence-electron chi connectivity index (χ3n) is 3.69. The lowest BCUT2D eigenvalue weighted by atomic mass is 10.0. The van der Waals surface area contributed by atoms with Crippen LogP contribution >= 0.6 is 16.5 Å². The van der Waals surface area contributed by atoms with Crippen molar-refractivity contribution in [3.63, 3.8) is 0 Å². The summed E-state index contributed by atoms with van der Waals surface area (Å²) in [6, 6.07) is 0. The topological polar surface area (TPSA) is 174 Å². The molecule has 0 fully saturated rings. The van der Waals surface area contributed by atoms with Gasteiger partial charge in [0.2, 0.25) is 0 Å². The smallest absolute Gasteiger partial charge is 0.323 e. The number of aliphatic hydroxyl groups excluding tert-OH is 1. The summed E-state index contributed by atoms with van der Waals surface area (Å²) in [5, 5.41) is 8.64. The molecule has 0 aromatic carbocycles. The maximum Gasteiger partial charge on any atom is 0.323 e. The van der Waals surface area contributed by atoms with Crippen LogP contribution in [0.5, 0.6) is 0 Å². The Morgan fingerprint density at radius 3 is 1.08 bits per heavy atom. The van der Waals surface area contributed by atoms with Gasteiger partial charge in [0.1, 0.15) is 0 Å². The monoisotopic (exact) mass is 422 g/mol. The fourth-order valence-corrected chi connectivity index (χ4v) is 2.98. The largest absolute Gasteiger partial charge is 0.396 e. The van der Waals surface area contributed by atoms with E-state index in [1.54, 1.807) is 0 Å². The van der Waals surface area contributed by atoms with Crippen molar-refractivity contribution < 1.29 is 28.3 Å². The predicted molar refractivity (Wildman–Crippen MR) is 111 cm³/mol. The van der Waals surface area contributed by atoms with Crippen molar-refractivity contribution in [3.05, 3.63) is 0 Å². The van der Waals surface area contributed by atoms with Crippen LogP contribution in [-0.4, -0.2) is 21.5 Å². The average molecular weight is 422 g/mol. The van der Waals surface area contributed by atoms with E-state index >= 15 is 0 Å². The van der Waals surface area contributed by atoms with Gasteiger partial charge < -0.3 is 27.2 Å². The van der Waals surface area contributed by atoms with E-state index in [1.807, 2.05) is 0 Å². The van der Waals surface area contributed by atoms with Crippen LogP contribution in [0, 0.1) is 0 Å². The quantitative estimate of drug-likeness (QED) is 0.159. The third-order valence-corrected chi connectivity index (χ3v) is 5.08. The molecule has 0 aromatic heterocycles. The van der Waals surface area contributed by atoms with Crippen molar-refractivity contribution >= 4 is 16.5 Å². The van der Waals surface area contributed by atoms with E-state index in [0.717, 1.165) is 6.42 Å². The van der Waals surface area contributed by atoms with Crippen molar-refractivity contribution in [3.8, 4) is 0 Å². The molecule has 10 heteroatoms. The second kappa shape index (κ2) is 30.0. The SMILES string of the molecule is CCCCCCCCCCCCCCCCO.N.N.O=[PH](O)O[PH](=O)O. The lowest BCUT2D eigenvalue weighted by Gasteiger charge is -2.02. The standard InChI is InChI=1S/C16H34O.2H3N.H4O5P2/c1-2-3-4-5-6-7-8-9-10-11-12-13-14-15-16-17;;;1-6(2)5-7(3)4/h17H,2-16H2,1H3;2*1H3;6-7H,(H,1,2)(H,3,4). The van der Waals surface area contributed by atoms with Crippen LogP contribution in [0.15, 0.2) is 0 Å². The van der Waals surface area contributed by atoms with Crippen LogP contribution in [0.3, 0.4) is 0 Å². The molecule has 0 saturated heterocycles. The zero-order valence-corrected chi connectivity index (χ0v) is 18.6. The highest BCUT2D eigenvalue weighted by Gasteiger charge is 1.94. The van der Waals surface area contributed by atoms with Crippen LogP contribution in [0.1, 0.15) is 96.8 Å². The second-order valence-corrected chi connectivity index (χ2v) is 7.83. The summed E-state index contributed by atoms with van der Waals surface area (Å²) in [5.41, 5.74) is 0. The summed E-state index contributed by atoms with van der Waals surface area (Å²) in [6.45, 7) is 2.65. The molecule has 2 unspecified atom stereocenters. The molecule has 2 atom stereocenters. The highest BCUT2D eigenvalue weighted by atomic mass is 31.2. The Bertz CT molecular complexity index is 274. The fraction of sp³-hybridized carbons (Fsp3) is 1.00. The van der Waals surface area contributed by atoms with Crippen LogP contribution < -0.4 is 12.3 Å². The predicted octanol–water partition coefficient (Wildman–Crippen LogP) is 5.55. The van der Waals surface area contributed by atoms with Crippen molar-refractivity contribution in [1.29, 1.82) is 0 Å². The van der Waals surface area contributed by atoms with Gasteiger partial charge in [-0.05, 0) is 6.42 Å². The van der Waals surface area contributed by atoms with E-state index in [2.05, 4.69) is 11.2 Å². The van der Waals surface area contributed by atoms with E-state index < -0.39 is 16.5 Å². The molecule has 0 rings (SSSR count). The summed E-state index contributed by atoms with van der Waals surface area (Å²) in [7, 11) is -6.40. The van der Waals surface area contributed by atoms with Gasteiger partial charge in [-0.3, -0.25) is 9.13 Å². The van der Waals surface area contributed by atoms with Crippen molar-refractivity contribution in [2.45, 2.75) is 96.8 Å². The normalized spacial score (nSPS) is 12.2. The Morgan fingerprint density at radius 2 is 0.885 bits per heavy atom. The van der Waals surface area contributed by atoms with Gasteiger partial charge in [0.15, 0.2) is 0 Å². The Morgan fingerprint density at radius 1 is 0.615 bits per heavy atom. The molecular formula is C16H44N2O6P2. The molecular weight excluding hydrogens is 378 g/mol. The van der Waals surface area contributed by atoms with Gasteiger partial charge in [-0.15, -0.1) is 0 Å². The van der Waals surface area contributed by atoms with Crippen molar-refractivity contribution in [2.75, 3.05) is 6.61 Å². The van der Waals surface area contributed by atoms with E-state index in [0.29, 0.717) is 6.61 Å². The first-order valence-electron chi connectivity index (χ1n) is 9.29. The molecule has 0 radical (unpaired) electrons. The molecule has 26 heavy (non-hydrogen) atoms. The molecule has 8 nitrogen and oxygen atoms in total. The fourth-order valence-electron chi connectivity index (χ4n) is 2.38. The highest BCUT2D eigenvalue weighted by molar-refractivity contribution is 7.46. The lowest BCUT2D eigenvalue weighted by Crippen LogP contribution is -1.84. The van der Waals surface area contributed by atoms with Crippen LogP contribution in [0.4, 0.5) is 0 Å². The number of rotatable bonds is 16. The van der Waals surface area contributed by atoms with Crippen molar-refractivity contribution in [2.24, 2.45) is 0 Å². The van der Waals surface area contributed by atoms with Gasteiger partial charge in [0, 0.05) is 6.61 Å². The summed E-state index contributed by atoms with van der Waals surface area (Å²) < 4.78 is 22.3. The first kappa shape index (κ1) is 33.8. The van der Waals surface area contributed by atoms with Gasteiger partial charge in [-0.25, -0.2) is 4.31 Å². The molecule has 0 spiro atoms. The minimum absolute atomic E-state index is 0. The van der Waals surface area contributed by atoms with Gasteiger partial charge in [-0.1, -0.05) is 90.4 Å². The summed E-state index contributed by atoms with van der Waals surface area (Å²) in [6.07, 6.45) is 19.2. The Kier molecular flexibility index (Phi) is 38.9. The number of hydrogen-bond donors (Lipinski definition) is 5. The first-order chi connectivity index (χ1) is 11.5. The lowest BCUT2D eigenvalue weighted by molar-refractivity contribution is 0.282. The Labute approximate surface area is 161 Å². The summed E-state index contributed by atoms with van der Waals surface area (Å²) in [5.74, 6) is 0. The van der Waals surface area contributed by atoms with Gasteiger partial charge in [-0.2, -0.15) is 0 Å². The molecule has 164 valence electrons. The van der Waals surface area contributed by atoms with Crippen LogP contribution in [0.2, 0.25) is 0 Å². The molecule has 0 aliphatic heterocycles. The number of unbranched alkanes of at least 4 members (excludes halogenated alkanes) is 13. The first-order valence-corrected chi connectivity index (χ1v) is 11.8. The number of hydrogen-bond acceptors (Lipinski definition) is 6. The summed E-state index contributed by atoms with van der Waals surface area (Å²) >= 11 is 0. The zero-order chi connectivity index (χ0) is 18.5. The van der Waals surface area contributed by atoms with Crippen LogP contribution in [-0.2, 0) is 13.4 Å². The minimum Gasteiger partial charge on any atom is -0.396 e. The molecule has 9 N–H and O–H groups in total. The van der Waals surface area contributed by atoms with Crippen molar-refractivity contribution in [1.82, 2.24) is 12.3 Å². The minimum atomic E-state index is -3.20. The second-order valence-electron chi connectivity index (χ2n) is 5.95. The third kappa shape index (κ3) is 39.3. The average Bonchev–Trinajstić information content (AvgIpc) is 2.51. The van der Waals surface area contributed by atoms with E-state index in [9.17, 15) is 9.13 Å². The molecule has 0 aromatic rings. The van der Waals surface area contributed by atoms with Gasteiger partial charge in [0.25, 0.3) is 0 Å². The van der Waals surface area contributed by atoms with E-state index in [1.165, 1.54) is 83.5 Å². The Balaban J connectivity index is -0.000000230. The zero-order valence-electron chi connectivity index (χ0n) is 16.6. The Hall–Kier alpha value is 0.220. The van der Waals surface area contributed by atoms with E-state index in [-0.39, 0.29) is 12.3 Å². The summed E-state index contributed by atoms with van der Waals surface area (Å²) in [4.78, 5) is 15.4. The van der Waals surface area contributed by atoms with Gasteiger partial charge >= 0.3 is 16.5 Å². The highest BCUT2D eigenvalue weighted by Crippen LogP contribution is 2.30. The molecule has 0 saturated carbocycles. The molecule has 0 aliphatic carbocycles. The maximum atomic E-state index is 9.44. The molecule has 0 amide bonds. The maximum absolute atomic E-state index is 9.44. The van der Waals surface area contributed by atoms with Gasteiger partial charge in [0.05, 0.1) is 0 Å². The number of aliphatic hydroxyl groups is 1.